The third-order valence-corrected chi connectivity index (χ3v) is 2.62. The number of aliphatic hydroxyl groups is 7. The molecular weight excluding hydrogens is 234 g/mol. The van der Waals surface area contributed by atoms with Crippen LogP contribution in [-0.2, 0) is 0 Å². The van der Waals surface area contributed by atoms with Crippen LogP contribution in [0.5, 0.6) is 0 Å². The molecule has 0 heterocycles. The molecule has 0 saturated carbocycles. The largest absolute Gasteiger partial charge is 0.360 e. The summed E-state index contributed by atoms with van der Waals surface area (Å²) >= 11 is 0. The molecule has 0 aliphatic rings. The number of nitrogens with two attached hydrogens (primary N) is 1. The third-order valence-electron chi connectivity index (χ3n) is 2.62. The molecule has 1 atom stereocenters. The minimum Gasteiger partial charge on any atom is -0.360 e. The van der Waals surface area contributed by atoms with E-state index in [1.807, 2.05) is 6.92 Å². The summed E-state index contributed by atoms with van der Waals surface area (Å²) in [4.78, 5) is 0. The molecule has 0 fully saturated rings. The van der Waals surface area contributed by atoms with Gasteiger partial charge in [0.2, 0.25) is 5.79 Å². The van der Waals surface area contributed by atoms with E-state index in [1.54, 1.807) is 0 Å². The topological polar surface area (TPSA) is 168 Å². The third kappa shape index (κ3) is 3.57. The number of hydrogen-bond donors (Lipinski definition) is 8. The number of rotatable bonds is 7. The maximum Gasteiger partial charge on any atom is 0.338 e. The maximum absolute atomic E-state index is 9.40. The molecule has 0 aromatic carbocycles. The Hall–Kier alpha value is -0.320. The van der Waals surface area contributed by atoms with Crippen molar-refractivity contribution in [2.75, 3.05) is 0 Å². The van der Waals surface area contributed by atoms with Gasteiger partial charge in [-0.15, -0.1) is 0 Å². The van der Waals surface area contributed by atoms with Gasteiger partial charge in [0.05, 0.1) is 6.04 Å². The Morgan fingerprint density at radius 3 is 1.76 bits per heavy atom. The summed E-state index contributed by atoms with van der Waals surface area (Å²) in [6.07, 6.45) is 2.05. The highest BCUT2D eigenvalue weighted by Gasteiger charge is 2.63. The van der Waals surface area contributed by atoms with Gasteiger partial charge in [-0.3, -0.25) is 0 Å². The lowest BCUT2D eigenvalue weighted by Gasteiger charge is -2.42. The summed E-state index contributed by atoms with van der Waals surface area (Å²) in [7, 11) is 0. The SMILES string of the molecule is CCCCCC(N)C(O)(O)C(O)(O)C(O)(O)O. The molecule has 17 heavy (non-hydrogen) atoms. The Balaban J connectivity index is 4.75. The maximum atomic E-state index is 9.40. The first-order chi connectivity index (χ1) is 7.48. The molecule has 0 bridgehead atoms. The van der Waals surface area contributed by atoms with Crippen molar-refractivity contribution >= 4 is 0 Å². The van der Waals surface area contributed by atoms with Gasteiger partial charge in [-0.05, 0) is 6.42 Å². The summed E-state index contributed by atoms with van der Waals surface area (Å²) in [5.74, 6) is -11.6. The summed E-state index contributed by atoms with van der Waals surface area (Å²) < 4.78 is 0. The first-order valence-electron chi connectivity index (χ1n) is 5.30. The monoisotopic (exact) mass is 255 g/mol. The van der Waals surface area contributed by atoms with E-state index in [2.05, 4.69) is 0 Å². The Kier molecular flexibility index (Phi) is 5.44. The summed E-state index contributed by atoms with van der Waals surface area (Å²) in [6, 6.07) is -1.57. The van der Waals surface area contributed by atoms with Crippen molar-refractivity contribution in [1.82, 2.24) is 0 Å². The van der Waals surface area contributed by atoms with Crippen LogP contribution in [0.3, 0.4) is 0 Å². The summed E-state index contributed by atoms with van der Waals surface area (Å²) in [5, 5.41) is 63.0. The van der Waals surface area contributed by atoms with Crippen LogP contribution >= 0.6 is 0 Å². The molecule has 0 aromatic heterocycles. The fourth-order valence-electron chi connectivity index (χ4n) is 1.32. The molecule has 0 aliphatic heterocycles. The van der Waals surface area contributed by atoms with Crippen LogP contribution in [0.25, 0.3) is 0 Å². The van der Waals surface area contributed by atoms with Gasteiger partial charge in [0, 0.05) is 0 Å². The van der Waals surface area contributed by atoms with Crippen molar-refractivity contribution in [3.63, 3.8) is 0 Å². The predicted molar refractivity (Wildman–Crippen MR) is 55.8 cm³/mol. The molecular formula is C9H21NO7. The fraction of sp³-hybridized carbons (Fsp3) is 1.00. The van der Waals surface area contributed by atoms with Crippen molar-refractivity contribution in [1.29, 1.82) is 0 Å². The lowest BCUT2D eigenvalue weighted by atomic mass is 9.92. The average Bonchev–Trinajstić information content (AvgIpc) is 2.15. The predicted octanol–water partition coefficient (Wildman–Crippen LogP) is -3.11. The minimum atomic E-state index is -4.11. The number of unbranched alkanes of at least 4 members (excludes halogenated alkanes) is 2. The molecule has 0 rings (SSSR count). The van der Waals surface area contributed by atoms with Crippen molar-refractivity contribution < 1.29 is 35.7 Å². The molecule has 0 spiro atoms. The second-order valence-corrected chi connectivity index (χ2v) is 4.14. The molecule has 104 valence electrons. The zero-order valence-corrected chi connectivity index (χ0v) is 9.61. The molecule has 0 radical (unpaired) electrons. The van der Waals surface area contributed by atoms with Gasteiger partial charge in [0.1, 0.15) is 0 Å². The Morgan fingerprint density at radius 2 is 1.41 bits per heavy atom. The zero-order chi connectivity index (χ0) is 13.9. The fourth-order valence-corrected chi connectivity index (χ4v) is 1.32. The number of hydrogen-bond acceptors (Lipinski definition) is 8. The van der Waals surface area contributed by atoms with Gasteiger partial charge in [-0.2, -0.15) is 0 Å². The van der Waals surface area contributed by atoms with Crippen LogP contribution in [0, 0.1) is 0 Å². The van der Waals surface area contributed by atoms with Crippen LogP contribution in [0.15, 0.2) is 0 Å². The summed E-state index contributed by atoms with van der Waals surface area (Å²) in [6.45, 7) is 1.90. The molecule has 0 saturated heterocycles. The lowest BCUT2D eigenvalue weighted by molar-refractivity contribution is -0.511. The lowest BCUT2D eigenvalue weighted by Crippen LogP contribution is -2.73. The normalized spacial score (nSPS) is 16.1. The summed E-state index contributed by atoms with van der Waals surface area (Å²) in [5.41, 5.74) is 5.32. The Labute approximate surface area is 98.6 Å². The van der Waals surface area contributed by atoms with Gasteiger partial charge < -0.3 is 41.5 Å². The van der Waals surface area contributed by atoms with E-state index in [9.17, 15) is 10.2 Å². The second-order valence-electron chi connectivity index (χ2n) is 4.14. The molecule has 1 unspecified atom stereocenters. The van der Waals surface area contributed by atoms with E-state index >= 15 is 0 Å². The van der Waals surface area contributed by atoms with Crippen LogP contribution in [0.2, 0.25) is 0 Å². The van der Waals surface area contributed by atoms with Crippen LogP contribution in [0.4, 0.5) is 0 Å². The molecule has 0 aliphatic carbocycles. The first-order valence-corrected chi connectivity index (χ1v) is 5.30. The van der Waals surface area contributed by atoms with Crippen molar-refractivity contribution in [3.05, 3.63) is 0 Å². The van der Waals surface area contributed by atoms with E-state index in [1.165, 1.54) is 0 Å². The van der Waals surface area contributed by atoms with Crippen molar-refractivity contribution in [3.8, 4) is 0 Å². The molecule has 0 aromatic rings. The van der Waals surface area contributed by atoms with E-state index in [0.717, 1.165) is 12.8 Å². The Bertz CT molecular complexity index is 236. The van der Waals surface area contributed by atoms with Gasteiger partial charge in [-0.25, -0.2) is 0 Å². The van der Waals surface area contributed by atoms with Gasteiger partial charge in [0.25, 0.3) is 0 Å². The highest BCUT2D eigenvalue weighted by molar-refractivity contribution is 4.94. The van der Waals surface area contributed by atoms with Crippen LogP contribution in [0.1, 0.15) is 32.6 Å². The molecule has 0 amide bonds. The second kappa shape index (κ2) is 5.55. The van der Waals surface area contributed by atoms with Gasteiger partial charge >= 0.3 is 11.8 Å². The quantitative estimate of drug-likeness (QED) is 0.175. The zero-order valence-electron chi connectivity index (χ0n) is 9.61. The van der Waals surface area contributed by atoms with Gasteiger partial charge in [-0.1, -0.05) is 26.2 Å². The van der Waals surface area contributed by atoms with Crippen molar-refractivity contribution in [2.24, 2.45) is 5.73 Å². The average molecular weight is 255 g/mol. The Morgan fingerprint density at radius 1 is 0.941 bits per heavy atom. The molecule has 8 nitrogen and oxygen atoms in total. The molecule has 8 heteroatoms. The van der Waals surface area contributed by atoms with E-state index < -0.39 is 23.6 Å². The smallest absolute Gasteiger partial charge is 0.338 e. The standard InChI is InChI=1S/C9H21NO7/c1-2-3-4-5-6(10)7(11,12)8(13,14)9(15,16)17/h6,11-17H,2-5,10H2,1H3. The highest BCUT2D eigenvalue weighted by atomic mass is 16.7. The minimum absolute atomic E-state index is 0.000208. The van der Waals surface area contributed by atoms with E-state index in [-0.39, 0.29) is 6.42 Å². The highest BCUT2D eigenvalue weighted by Crippen LogP contribution is 2.29. The van der Waals surface area contributed by atoms with Crippen molar-refractivity contribution in [2.45, 2.75) is 56.2 Å². The molecule has 9 N–H and O–H groups in total. The van der Waals surface area contributed by atoms with E-state index in [4.69, 9.17) is 31.3 Å². The van der Waals surface area contributed by atoms with Crippen LogP contribution in [-0.4, -0.2) is 59.3 Å². The first kappa shape index (κ1) is 16.7. The van der Waals surface area contributed by atoms with E-state index in [0.29, 0.717) is 6.42 Å². The van der Waals surface area contributed by atoms with Crippen LogP contribution < -0.4 is 5.73 Å². The van der Waals surface area contributed by atoms with Gasteiger partial charge in [0.15, 0.2) is 0 Å².